The lowest BCUT2D eigenvalue weighted by Gasteiger charge is -2.25. The van der Waals surface area contributed by atoms with Gasteiger partial charge in [0.15, 0.2) is 0 Å². The molecule has 1 aliphatic carbocycles. The number of hydrogen-bond acceptors (Lipinski definition) is 3. The van der Waals surface area contributed by atoms with Gasteiger partial charge >= 0.3 is 5.97 Å². The van der Waals surface area contributed by atoms with E-state index in [9.17, 15) is 13.2 Å². The first-order chi connectivity index (χ1) is 9.84. The van der Waals surface area contributed by atoms with Crippen molar-refractivity contribution in [2.75, 3.05) is 7.05 Å². The van der Waals surface area contributed by atoms with Gasteiger partial charge in [0.05, 0.1) is 0 Å². The van der Waals surface area contributed by atoms with E-state index in [2.05, 4.69) is 0 Å². The highest BCUT2D eigenvalue weighted by Crippen LogP contribution is 2.26. The Labute approximate surface area is 125 Å². The predicted octanol–water partition coefficient (Wildman–Crippen LogP) is 2.07. The zero-order valence-electron chi connectivity index (χ0n) is 12.4. The maximum Gasteiger partial charge on any atom is 0.352 e. The maximum absolute atomic E-state index is 12.7. The van der Waals surface area contributed by atoms with Crippen LogP contribution in [0.5, 0.6) is 0 Å². The van der Waals surface area contributed by atoms with Gasteiger partial charge in [0.2, 0.25) is 10.0 Å². The Bertz CT molecular complexity index is 613. The number of carbonyl (C=O) groups is 1. The average Bonchev–Trinajstić information content (AvgIpc) is 2.65. The lowest BCUT2D eigenvalue weighted by Crippen LogP contribution is -2.36. The molecule has 0 unspecified atom stereocenters. The summed E-state index contributed by atoms with van der Waals surface area (Å²) in [7, 11) is -0.509. The second kappa shape index (κ2) is 6.19. The van der Waals surface area contributed by atoms with E-state index in [4.69, 9.17) is 5.11 Å². The largest absolute Gasteiger partial charge is 0.477 e. The van der Waals surface area contributed by atoms with E-state index in [1.165, 1.54) is 28.2 Å². The molecule has 1 aromatic rings. The number of aromatic carboxylic acids is 1. The highest BCUT2D eigenvalue weighted by Gasteiger charge is 2.30. The summed E-state index contributed by atoms with van der Waals surface area (Å²) >= 11 is 0. The van der Waals surface area contributed by atoms with E-state index >= 15 is 0 Å². The molecule has 21 heavy (non-hydrogen) atoms. The van der Waals surface area contributed by atoms with E-state index in [1.807, 2.05) is 0 Å². The van der Waals surface area contributed by atoms with E-state index in [0.717, 1.165) is 38.5 Å². The fraction of sp³-hybridized carbons (Fsp3) is 0.643. The van der Waals surface area contributed by atoms with Crippen LogP contribution >= 0.6 is 0 Å². The van der Waals surface area contributed by atoms with Crippen molar-refractivity contribution in [3.05, 3.63) is 18.0 Å². The molecule has 0 spiro atoms. The van der Waals surface area contributed by atoms with Gasteiger partial charge < -0.3 is 9.67 Å². The highest BCUT2D eigenvalue weighted by molar-refractivity contribution is 7.89. The normalized spacial score (nSPS) is 17.9. The monoisotopic (exact) mass is 314 g/mol. The molecule has 1 heterocycles. The van der Waals surface area contributed by atoms with Crippen molar-refractivity contribution in [3.8, 4) is 0 Å². The summed E-state index contributed by atoms with van der Waals surface area (Å²) in [6.07, 6.45) is 7.49. The first kappa shape index (κ1) is 16.0. The van der Waals surface area contributed by atoms with E-state index in [-0.39, 0.29) is 16.6 Å². The van der Waals surface area contributed by atoms with Crippen molar-refractivity contribution in [2.24, 2.45) is 7.05 Å². The quantitative estimate of drug-likeness (QED) is 0.863. The van der Waals surface area contributed by atoms with Crippen LogP contribution < -0.4 is 0 Å². The summed E-state index contributed by atoms with van der Waals surface area (Å²) in [5, 5.41) is 9.04. The molecule has 1 aliphatic rings. The molecule has 1 aromatic heterocycles. The van der Waals surface area contributed by atoms with Crippen LogP contribution in [0.4, 0.5) is 0 Å². The molecule has 0 amide bonds. The number of nitrogens with zero attached hydrogens (tertiary/aromatic N) is 2. The van der Waals surface area contributed by atoms with Gasteiger partial charge in [-0.15, -0.1) is 0 Å². The third-order valence-electron chi connectivity index (χ3n) is 4.21. The Hall–Kier alpha value is -1.34. The maximum atomic E-state index is 12.7. The molecular formula is C14H22N2O4S. The number of sulfonamides is 1. The van der Waals surface area contributed by atoms with Gasteiger partial charge in [0.1, 0.15) is 10.6 Å². The first-order valence-electron chi connectivity index (χ1n) is 7.21. The molecule has 1 saturated carbocycles. The van der Waals surface area contributed by atoms with Crippen LogP contribution in [-0.4, -0.2) is 41.5 Å². The Morgan fingerprint density at radius 3 is 2.33 bits per heavy atom. The van der Waals surface area contributed by atoms with Gasteiger partial charge in [0.25, 0.3) is 0 Å². The van der Waals surface area contributed by atoms with Crippen molar-refractivity contribution in [3.63, 3.8) is 0 Å². The number of rotatable bonds is 4. The molecule has 0 atom stereocenters. The summed E-state index contributed by atoms with van der Waals surface area (Å²) < 4.78 is 28.0. The van der Waals surface area contributed by atoms with Crippen LogP contribution in [0.1, 0.15) is 49.0 Å². The Kier molecular flexibility index (Phi) is 4.73. The van der Waals surface area contributed by atoms with Crippen molar-refractivity contribution in [1.82, 2.24) is 8.87 Å². The first-order valence-corrected chi connectivity index (χ1v) is 8.65. The summed E-state index contributed by atoms with van der Waals surface area (Å²) in [5.74, 6) is -1.13. The van der Waals surface area contributed by atoms with Crippen LogP contribution in [0.2, 0.25) is 0 Å². The Morgan fingerprint density at radius 1 is 1.29 bits per heavy atom. The molecule has 1 N–H and O–H groups in total. The van der Waals surface area contributed by atoms with Gasteiger partial charge in [-0.3, -0.25) is 0 Å². The summed E-state index contributed by atoms with van der Waals surface area (Å²) in [6.45, 7) is 0. The lowest BCUT2D eigenvalue weighted by atomic mass is 10.1. The molecule has 0 bridgehead atoms. The summed E-state index contributed by atoms with van der Waals surface area (Å²) in [5.41, 5.74) is -0.0251. The minimum atomic E-state index is -3.64. The van der Waals surface area contributed by atoms with Crippen molar-refractivity contribution < 1.29 is 18.3 Å². The van der Waals surface area contributed by atoms with Gasteiger partial charge in [-0.25, -0.2) is 13.2 Å². The molecule has 1 fully saturated rings. The van der Waals surface area contributed by atoms with Crippen molar-refractivity contribution in [2.45, 2.75) is 49.5 Å². The Balaban J connectivity index is 2.28. The van der Waals surface area contributed by atoms with Crippen LogP contribution in [0.25, 0.3) is 0 Å². The van der Waals surface area contributed by atoms with E-state index in [0.29, 0.717) is 0 Å². The highest BCUT2D eigenvalue weighted by atomic mass is 32.2. The summed E-state index contributed by atoms with van der Waals surface area (Å²) in [6, 6.07) is 1.23. The second-order valence-electron chi connectivity index (χ2n) is 5.64. The fourth-order valence-electron chi connectivity index (χ4n) is 2.87. The van der Waals surface area contributed by atoms with Gasteiger partial charge in [-0.1, -0.05) is 25.7 Å². The second-order valence-corrected chi connectivity index (χ2v) is 7.64. The Morgan fingerprint density at radius 2 is 1.86 bits per heavy atom. The third-order valence-corrected chi connectivity index (χ3v) is 6.09. The van der Waals surface area contributed by atoms with Crippen LogP contribution in [0.15, 0.2) is 17.2 Å². The van der Waals surface area contributed by atoms with Gasteiger partial charge in [-0.05, 0) is 18.9 Å². The third kappa shape index (κ3) is 3.29. The molecule has 0 aliphatic heterocycles. The fourth-order valence-corrected chi connectivity index (χ4v) is 4.36. The topological polar surface area (TPSA) is 79.6 Å². The SMILES string of the molecule is CN(C1CCCCCC1)S(=O)(=O)c1cc(C(=O)O)n(C)c1. The number of carboxylic acid groups (broad SMARTS) is 1. The van der Waals surface area contributed by atoms with Crippen molar-refractivity contribution in [1.29, 1.82) is 0 Å². The molecule has 0 aromatic carbocycles. The average molecular weight is 314 g/mol. The molecule has 0 radical (unpaired) electrons. The van der Waals surface area contributed by atoms with Crippen molar-refractivity contribution >= 4 is 16.0 Å². The summed E-state index contributed by atoms with van der Waals surface area (Å²) in [4.78, 5) is 11.1. The molecule has 6 nitrogen and oxygen atoms in total. The molecule has 118 valence electrons. The number of aromatic nitrogens is 1. The van der Waals surface area contributed by atoms with E-state index in [1.54, 1.807) is 7.05 Å². The smallest absolute Gasteiger partial charge is 0.352 e. The lowest BCUT2D eigenvalue weighted by molar-refractivity contribution is 0.0686. The van der Waals surface area contributed by atoms with Crippen LogP contribution in [-0.2, 0) is 17.1 Å². The standard InChI is InChI=1S/C14H22N2O4S/c1-15-10-12(9-13(15)14(17)18)21(19,20)16(2)11-7-5-3-4-6-8-11/h9-11H,3-8H2,1-2H3,(H,17,18). The zero-order valence-corrected chi connectivity index (χ0v) is 13.3. The minimum Gasteiger partial charge on any atom is -0.477 e. The number of hydrogen-bond donors (Lipinski definition) is 1. The molecule has 7 heteroatoms. The predicted molar refractivity (Wildman–Crippen MR) is 78.8 cm³/mol. The molecular weight excluding hydrogens is 292 g/mol. The molecule has 0 saturated heterocycles. The minimum absolute atomic E-state index is 0.00554. The van der Waals surface area contributed by atoms with Crippen LogP contribution in [0.3, 0.4) is 0 Å². The van der Waals surface area contributed by atoms with Gasteiger partial charge in [0, 0.05) is 26.3 Å². The number of carboxylic acids is 1. The zero-order chi connectivity index (χ0) is 15.6. The van der Waals surface area contributed by atoms with Gasteiger partial charge in [-0.2, -0.15) is 4.31 Å². The van der Waals surface area contributed by atoms with Crippen LogP contribution in [0, 0.1) is 0 Å². The molecule has 2 rings (SSSR count). The number of aryl methyl sites for hydroxylation is 1. The van der Waals surface area contributed by atoms with E-state index < -0.39 is 16.0 Å².